The Hall–Kier alpha value is -3.42. The van der Waals surface area contributed by atoms with Gasteiger partial charge in [0.05, 0.1) is 24.6 Å². The Kier molecular flexibility index (Phi) is 10.4. The summed E-state index contributed by atoms with van der Waals surface area (Å²) in [7, 11) is -3.86. The quantitative estimate of drug-likeness (QED) is 0.354. The van der Waals surface area contributed by atoms with Crippen molar-refractivity contribution in [3.63, 3.8) is 0 Å². The van der Waals surface area contributed by atoms with Gasteiger partial charge in [-0.05, 0) is 61.8 Å². The van der Waals surface area contributed by atoms with Gasteiger partial charge in [-0.2, -0.15) is 0 Å². The molecule has 0 radical (unpaired) electrons. The summed E-state index contributed by atoms with van der Waals surface area (Å²) >= 11 is 6.47. The van der Waals surface area contributed by atoms with Crippen molar-refractivity contribution in [1.82, 2.24) is 20.3 Å². The Morgan fingerprint density at radius 2 is 2.04 bits per heavy atom. The number of rotatable bonds is 8. The number of hydrogen-bond donors (Lipinski definition) is 3. The lowest BCUT2D eigenvalue weighted by molar-refractivity contribution is -0.141. The van der Waals surface area contributed by atoms with E-state index in [0.717, 1.165) is 11.1 Å². The molecular formula is C32H41ClN4O8S. The van der Waals surface area contributed by atoms with E-state index in [4.69, 9.17) is 21.1 Å². The highest BCUT2D eigenvalue weighted by atomic mass is 35.5. The van der Waals surface area contributed by atoms with Crippen molar-refractivity contribution in [2.75, 3.05) is 13.2 Å². The topological polar surface area (TPSA) is 160 Å². The van der Waals surface area contributed by atoms with Crippen LogP contribution in [0.15, 0.2) is 36.9 Å². The van der Waals surface area contributed by atoms with Gasteiger partial charge in [0.2, 0.25) is 21.8 Å². The number of allylic oxidation sites excluding steroid dienone is 1. The lowest BCUT2D eigenvalue weighted by atomic mass is 10.1. The van der Waals surface area contributed by atoms with Crippen LogP contribution in [0.2, 0.25) is 5.02 Å². The third kappa shape index (κ3) is 7.75. The smallest absolute Gasteiger partial charge is 0.407 e. The number of halogens is 1. The molecular weight excluding hydrogens is 636 g/mol. The first-order valence-corrected chi connectivity index (χ1v) is 17.7. The van der Waals surface area contributed by atoms with Crippen molar-refractivity contribution in [3.8, 4) is 0 Å². The Labute approximate surface area is 274 Å². The fourth-order valence-electron chi connectivity index (χ4n) is 5.96. The van der Waals surface area contributed by atoms with Crippen LogP contribution < -0.4 is 15.4 Å². The molecule has 14 heteroatoms. The highest BCUT2D eigenvalue weighted by Gasteiger charge is 2.62. The molecule has 1 aromatic carbocycles. The molecule has 0 spiro atoms. The number of carbonyl (C=O) groups is 4. The molecule has 4 amide bonds. The molecule has 2 aliphatic carbocycles. The fourth-order valence-corrected chi connectivity index (χ4v) is 7.50. The number of fused-ring (bicyclic) bond motifs is 4. The molecule has 3 fully saturated rings. The first-order chi connectivity index (χ1) is 22.0. The summed E-state index contributed by atoms with van der Waals surface area (Å²) in [4.78, 5) is 55.2. The minimum absolute atomic E-state index is 0.0468. The van der Waals surface area contributed by atoms with E-state index >= 15 is 0 Å². The summed E-state index contributed by atoms with van der Waals surface area (Å²) in [6.07, 6.45) is 7.48. The zero-order chi connectivity index (χ0) is 33.1. The zero-order valence-electron chi connectivity index (χ0n) is 25.8. The van der Waals surface area contributed by atoms with Gasteiger partial charge in [0.25, 0.3) is 5.91 Å². The summed E-state index contributed by atoms with van der Waals surface area (Å²) in [5.74, 6) is -2.42. The van der Waals surface area contributed by atoms with Crippen LogP contribution in [0.4, 0.5) is 4.79 Å². The SMILES string of the molecule is C=C[C@@H]1C[C@]1(NC(=O)[C@@H]1C[C@@H]2CN1C(=O)[C@H](CCC)NC(=O)OCCC/C=C/c1ccc(Cl)c(c1)CO2)C(=O)NS(=O)(=O)C1CC1. The van der Waals surface area contributed by atoms with Crippen LogP contribution in [0.25, 0.3) is 6.08 Å². The number of ether oxygens (including phenoxy) is 2. The van der Waals surface area contributed by atoms with Crippen molar-refractivity contribution in [2.24, 2.45) is 5.92 Å². The number of benzene rings is 1. The van der Waals surface area contributed by atoms with E-state index in [-0.39, 0.29) is 32.6 Å². The molecule has 1 saturated heterocycles. The van der Waals surface area contributed by atoms with Gasteiger partial charge >= 0.3 is 6.09 Å². The van der Waals surface area contributed by atoms with Gasteiger partial charge in [-0.3, -0.25) is 19.1 Å². The van der Waals surface area contributed by atoms with E-state index < -0.39 is 68.7 Å². The third-order valence-corrected chi connectivity index (χ3v) is 11.1. The highest BCUT2D eigenvalue weighted by Crippen LogP contribution is 2.45. The molecule has 5 atom stereocenters. The largest absolute Gasteiger partial charge is 0.450 e. The number of sulfonamides is 1. The van der Waals surface area contributed by atoms with Crippen LogP contribution in [-0.2, 0) is 40.5 Å². The third-order valence-electron chi connectivity index (χ3n) is 8.87. The van der Waals surface area contributed by atoms with Crippen molar-refractivity contribution in [3.05, 3.63) is 53.1 Å². The summed E-state index contributed by atoms with van der Waals surface area (Å²) < 4.78 is 38.8. The van der Waals surface area contributed by atoms with E-state index in [1.807, 2.05) is 31.2 Å². The van der Waals surface area contributed by atoms with Gasteiger partial charge in [0, 0.05) is 23.9 Å². The summed E-state index contributed by atoms with van der Waals surface area (Å²) in [6, 6.07) is 3.55. The molecule has 12 nitrogen and oxygen atoms in total. The van der Waals surface area contributed by atoms with E-state index in [1.54, 1.807) is 6.07 Å². The molecule has 250 valence electrons. The standard InChI is InChI=1S/C32H41ClN4O8S/c1-3-8-26-29(39)37-18-23(45-19-21-15-20(10-13-25(21)33)9-6-5-7-14-44-31(41)34-26)16-27(37)28(38)35-32(17-22(32)4-2)30(40)36-46(42,43)24-11-12-24/h4,6,9-10,13,15,22-24,26-27H,2-3,5,7-8,11-12,14,16-19H2,1H3,(H,34,41)(H,35,38)(H,36,40)/b9-6+/t22-,23-,26+,27+,32-/m1/s1. The van der Waals surface area contributed by atoms with E-state index in [0.29, 0.717) is 43.5 Å². The molecule has 2 heterocycles. The van der Waals surface area contributed by atoms with Gasteiger partial charge in [-0.1, -0.05) is 49.2 Å². The van der Waals surface area contributed by atoms with E-state index in [1.165, 1.54) is 11.0 Å². The second-order valence-corrected chi connectivity index (χ2v) is 14.7. The average Bonchev–Trinajstić information content (AvgIpc) is 3.94. The number of cyclic esters (lactones) is 1. The van der Waals surface area contributed by atoms with Gasteiger partial charge in [0.15, 0.2) is 0 Å². The van der Waals surface area contributed by atoms with E-state index in [2.05, 4.69) is 21.9 Å². The predicted molar refractivity (Wildman–Crippen MR) is 171 cm³/mol. The number of amides is 4. The highest BCUT2D eigenvalue weighted by molar-refractivity contribution is 7.91. The Morgan fingerprint density at radius 3 is 2.74 bits per heavy atom. The summed E-state index contributed by atoms with van der Waals surface area (Å²) in [5.41, 5.74) is 0.154. The first-order valence-electron chi connectivity index (χ1n) is 15.8. The Bertz CT molecular complexity index is 1510. The monoisotopic (exact) mass is 676 g/mol. The molecule has 2 saturated carbocycles. The molecule has 5 rings (SSSR count). The van der Waals surface area contributed by atoms with Gasteiger partial charge in [0.1, 0.15) is 17.6 Å². The van der Waals surface area contributed by atoms with Crippen LogP contribution in [0, 0.1) is 5.92 Å². The molecule has 2 aliphatic heterocycles. The minimum atomic E-state index is -3.86. The van der Waals surface area contributed by atoms with Gasteiger partial charge in [-0.15, -0.1) is 6.58 Å². The molecule has 0 unspecified atom stereocenters. The molecule has 4 bridgehead atoms. The minimum Gasteiger partial charge on any atom is -0.450 e. The molecule has 0 aromatic heterocycles. The number of carbonyl (C=O) groups excluding carboxylic acids is 4. The number of nitrogens with zero attached hydrogens (tertiary/aromatic N) is 1. The molecule has 4 aliphatic rings. The van der Waals surface area contributed by atoms with Crippen molar-refractivity contribution in [2.45, 2.75) is 93.9 Å². The van der Waals surface area contributed by atoms with Crippen LogP contribution in [0.5, 0.6) is 0 Å². The zero-order valence-corrected chi connectivity index (χ0v) is 27.4. The summed E-state index contributed by atoms with van der Waals surface area (Å²) in [5, 5.41) is 5.32. The first kappa shape index (κ1) is 33.9. The van der Waals surface area contributed by atoms with Crippen LogP contribution >= 0.6 is 11.6 Å². The van der Waals surface area contributed by atoms with Crippen LogP contribution in [0.1, 0.15) is 69.4 Å². The van der Waals surface area contributed by atoms with Crippen LogP contribution in [0.3, 0.4) is 0 Å². The molecule has 46 heavy (non-hydrogen) atoms. The van der Waals surface area contributed by atoms with Gasteiger partial charge < -0.3 is 25.0 Å². The molecule has 1 aromatic rings. The fraction of sp³-hybridized carbons (Fsp3) is 0.562. The van der Waals surface area contributed by atoms with E-state index in [9.17, 15) is 27.6 Å². The second kappa shape index (κ2) is 14.1. The van der Waals surface area contributed by atoms with Crippen molar-refractivity contribution < 1.29 is 37.1 Å². The Morgan fingerprint density at radius 1 is 1.26 bits per heavy atom. The van der Waals surface area contributed by atoms with Crippen molar-refractivity contribution >= 4 is 51.5 Å². The van der Waals surface area contributed by atoms with Crippen LogP contribution in [-0.4, -0.2) is 79.3 Å². The maximum Gasteiger partial charge on any atom is 0.407 e. The second-order valence-electron chi connectivity index (χ2n) is 12.4. The average molecular weight is 677 g/mol. The summed E-state index contributed by atoms with van der Waals surface area (Å²) in [6.45, 7) is 5.95. The number of nitrogens with one attached hydrogen (secondary N) is 3. The lowest BCUT2D eigenvalue weighted by Gasteiger charge is -2.29. The lowest BCUT2D eigenvalue weighted by Crippen LogP contribution is -2.58. The number of alkyl carbamates (subject to hydrolysis) is 1. The molecule has 3 N–H and O–H groups in total. The Balaban J connectivity index is 1.40. The number of hydrogen-bond acceptors (Lipinski definition) is 8. The predicted octanol–water partition coefficient (Wildman–Crippen LogP) is 3.20. The maximum atomic E-state index is 14.0. The van der Waals surface area contributed by atoms with Gasteiger partial charge in [-0.25, -0.2) is 13.2 Å². The van der Waals surface area contributed by atoms with Crippen molar-refractivity contribution in [1.29, 1.82) is 0 Å². The maximum absolute atomic E-state index is 14.0. The normalized spacial score (nSPS) is 29.4.